The third-order valence-corrected chi connectivity index (χ3v) is 2.84. The van der Waals surface area contributed by atoms with Crippen molar-refractivity contribution < 1.29 is 4.79 Å². The van der Waals surface area contributed by atoms with Crippen LogP contribution < -0.4 is 0 Å². The van der Waals surface area contributed by atoms with E-state index in [2.05, 4.69) is 4.98 Å². The number of rotatable bonds is 2. The molecule has 0 radical (unpaired) electrons. The fourth-order valence-corrected chi connectivity index (χ4v) is 1.90. The number of hydrogen-bond acceptors (Lipinski definition) is 2. The normalized spacial score (nSPS) is 21.2. The van der Waals surface area contributed by atoms with Crippen molar-refractivity contribution in [3.05, 3.63) is 30.1 Å². The number of carbonyl (C=O) groups excluding carboxylic acids is 1. The summed E-state index contributed by atoms with van der Waals surface area (Å²) in [6.45, 7) is 3.49. The molecule has 0 spiro atoms. The van der Waals surface area contributed by atoms with Gasteiger partial charge < -0.3 is 9.80 Å². The van der Waals surface area contributed by atoms with Gasteiger partial charge in [-0.3, -0.25) is 4.98 Å². The second-order valence-corrected chi connectivity index (χ2v) is 3.70. The van der Waals surface area contributed by atoms with Crippen LogP contribution in [0.1, 0.15) is 18.7 Å². The van der Waals surface area contributed by atoms with Gasteiger partial charge in [-0.1, -0.05) is 6.07 Å². The van der Waals surface area contributed by atoms with Crippen molar-refractivity contribution >= 4 is 6.03 Å². The molecule has 1 aliphatic heterocycles. The predicted molar refractivity (Wildman–Crippen MR) is 57.4 cm³/mol. The highest BCUT2D eigenvalue weighted by atomic mass is 16.2. The van der Waals surface area contributed by atoms with Crippen molar-refractivity contribution in [1.29, 1.82) is 0 Å². The summed E-state index contributed by atoms with van der Waals surface area (Å²) >= 11 is 0. The Balaban J connectivity index is 2.22. The maximum absolute atomic E-state index is 11.7. The molecule has 1 saturated heterocycles. The minimum Gasteiger partial charge on any atom is -0.322 e. The Morgan fingerprint density at radius 1 is 1.53 bits per heavy atom. The van der Waals surface area contributed by atoms with Crippen LogP contribution in [0.25, 0.3) is 0 Å². The second kappa shape index (κ2) is 3.88. The van der Waals surface area contributed by atoms with Gasteiger partial charge >= 0.3 is 6.03 Å². The van der Waals surface area contributed by atoms with Crippen molar-refractivity contribution in [2.24, 2.45) is 0 Å². The molecular weight excluding hydrogens is 190 g/mol. The minimum absolute atomic E-state index is 0.0909. The molecule has 0 aliphatic carbocycles. The summed E-state index contributed by atoms with van der Waals surface area (Å²) in [6, 6.07) is 5.99. The van der Waals surface area contributed by atoms with E-state index in [0.717, 1.165) is 18.8 Å². The van der Waals surface area contributed by atoms with Crippen molar-refractivity contribution in [1.82, 2.24) is 14.8 Å². The summed E-state index contributed by atoms with van der Waals surface area (Å²) in [4.78, 5) is 19.6. The van der Waals surface area contributed by atoms with Gasteiger partial charge in [-0.15, -0.1) is 0 Å². The summed E-state index contributed by atoms with van der Waals surface area (Å²) in [5.74, 6) is 0. The quantitative estimate of drug-likeness (QED) is 0.733. The van der Waals surface area contributed by atoms with Gasteiger partial charge in [-0.2, -0.15) is 0 Å². The van der Waals surface area contributed by atoms with Gasteiger partial charge in [0.15, 0.2) is 0 Å². The van der Waals surface area contributed by atoms with E-state index in [-0.39, 0.29) is 12.1 Å². The lowest BCUT2D eigenvalue weighted by Crippen LogP contribution is -2.29. The molecule has 4 nitrogen and oxygen atoms in total. The molecule has 0 bridgehead atoms. The Kier molecular flexibility index (Phi) is 2.58. The van der Waals surface area contributed by atoms with Crippen molar-refractivity contribution in [3.63, 3.8) is 0 Å². The van der Waals surface area contributed by atoms with Crippen LogP contribution in [0, 0.1) is 0 Å². The Morgan fingerprint density at radius 2 is 2.33 bits per heavy atom. The zero-order valence-corrected chi connectivity index (χ0v) is 9.05. The zero-order valence-electron chi connectivity index (χ0n) is 9.05. The zero-order chi connectivity index (χ0) is 10.8. The Hall–Kier alpha value is -1.58. The number of amides is 2. The SMILES string of the molecule is CCN1CC(c2ccccn2)N(C)C1=O. The van der Waals surface area contributed by atoms with Crippen molar-refractivity contribution in [2.75, 3.05) is 20.1 Å². The van der Waals surface area contributed by atoms with Crippen LogP contribution in [0.3, 0.4) is 0 Å². The number of aromatic nitrogens is 1. The van der Waals surface area contributed by atoms with Crippen LogP contribution in [0.2, 0.25) is 0 Å². The molecule has 2 heterocycles. The minimum atomic E-state index is 0.0909. The van der Waals surface area contributed by atoms with Gasteiger partial charge in [-0.25, -0.2) is 4.79 Å². The summed E-state index contributed by atoms with van der Waals surface area (Å²) < 4.78 is 0. The highest BCUT2D eigenvalue weighted by Crippen LogP contribution is 2.25. The van der Waals surface area contributed by atoms with Crippen LogP contribution in [0.15, 0.2) is 24.4 Å². The smallest absolute Gasteiger partial charge is 0.320 e. The van der Waals surface area contributed by atoms with Gasteiger partial charge in [0.05, 0.1) is 11.7 Å². The van der Waals surface area contributed by atoms with Gasteiger partial charge in [0, 0.05) is 26.3 Å². The molecule has 2 amide bonds. The third kappa shape index (κ3) is 1.67. The molecule has 1 fully saturated rings. The fraction of sp³-hybridized carbons (Fsp3) is 0.455. The monoisotopic (exact) mass is 205 g/mol. The number of carbonyl (C=O) groups is 1. The summed E-state index contributed by atoms with van der Waals surface area (Å²) in [5.41, 5.74) is 0.962. The largest absolute Gasteiger partial charge is 0.322 e. The molecule has 4 heteroatoms. The van der Waals surface area contributed by atoms with Crippen LogP contribution in [-0.2, 0) is 0 Å². The number of likely N-dealkylation sites (N-methyl/N-ethyl adjacent to an activating group) is 2. The molecule has 2 rings (SSSR count). The van der Waals surface area contributed by atoms with Crippen LogP contribution in [0.4, 0.5) is 4.79 Å². The van der Waals surface area contributed by atoms with Crippen LogP contribution in [0.5, 0.6) is 0 Å². The number of pyridine rings is 1. The van der Waals surface area contributed by atoms with Gasteiger partial charge in [0.25, 0.3) is 0 Å². The van der Waals surface area contributed by atoms with E-state index in [4.69, 9.17) is 0 Å². The fourth-order valence-electron chi connectivity index (χ4n) is 1.90. The van der Waals surface area contributed by atoms with Gasteiger partial charge in [0.1, 0.15) is 0 Å². The molecule has 1 aromatic rings. The standard InChI is InChI=1S/C11H15N3O/c1-3-14-8-10(13(2)11(14)15)9-6-4-5-7-12-9/h4-7,10H,3,8H2,1-2H3. The Labute approximate surface area is 89.5 Å². The maximum Gasteiger partial charge on any atom is 0.320 e. The van der Waals surface area contributed by atoms with E-state index in [9.17, 15) is 4.79 Å². The molecular formula is C11H15N3O. The predicted octanol–water partition coefficient (Wildman–Crippen LogP) is 1.51. The highest BCUT2D eigenvalue weighted by molar-refractivity contribution is 5.77. The number of hydrogen-bond donors (Lipinski definition) is 0. The first-order valence-corrected chi connectivity index (χ1v) is 5.16. The van der Waals surface area contributed by atoms with Crippen molar-refractivity contribution in [3.8, 4) is 0 Å². The van der Waals surface area contributed by atoms with E-state index in [1.807, 2.05) is 37.1 Å². The molecule has 1 aromatic heterocycles. The maximum atomic E-state index is 11.7. The first-order valence-electron chi connectivity index (χ1n) is 5.16. The molecule has 80 valence electrons. The van der Waals surface area contributed by atoms with Crippen LogP contribution in [-0.4, -0.2) is 41.0 Å². The van der Waals surface area contributed by atoms with E-state index >= 15 is 0 Å². The Bertz CT molecular complexity index is 352. The van der Waals surface area contributed by atoms with Gasteiger partial charge in [-0.05, 0) is 19.1 Å². The Morgan fingerprint density at radius 3 is 2.87 bits per heavy atom. The highest BCUT2D eigenvalue weighted by Gasteiger charge is 2.34. The first kappa shape index (κ1) is 9.96. The van der Waals surface area contributed by atoms with E-state index in [0.29, 0.717) is 0 Å². The molecule has 0 N–H and O–H groups in total. The molecule has 1 atom stereocenters. The van der Waals surface area contributed by atoms with Gasteiger partial charge in [0.2, 0.25) is 0 Å². The molecule has 0 saturated carbocycles. The van der Waals surface area contributed by atoms with E-state index in [1.54, 1.807) is 11.1 Å². The van der Waals surface area contributed by atoms with Crippen LogP contribution >= 0.6 is 0 Å². The third-order valence-electron chi connectivity index (χ3n) is 2.84. The summed E-state index contributed by atoms with van der Waals surface area (Å²) in [6.07, 6.45) is 1.77. The molecule has 1 unspecified atom stereocenters. The van der Waals surface area contributed by atoms with Crippen molar-refractivity contribution in [2.45, 2.75) is 13.0 Å². The second-order valence-electron chi connectivity index (χ2n) is 3.70. The lowest BCUT2D eigenvalue weighted by atomic mass is 10.2. The summed E-state index contributed by atoms with van der Waals surface area (Å²) in [7, 11) is 1.83. The first-order chi connectivity index (χ1) is 7.24. The molecule has 15 heavy (non-hydrogen) atoms. The lowest BCUT2D eigenvalue weighted by Gasteiger charge is -2.16. The lowest BCUT2D eigenvalue weighted by molar-refractivity contribution is 0.197. The number of urea groups is 1. The van der Waals surface area contributed by atoms with E-state index < -0.39 is 0 Å². The molecule has 1 aliphatic rings. The molecule has 0 aromatic carbocycles. The summed E-state index contributed by atoms with van der Waals surface area (Å²) in [5, 5.41) is 0. The topological polar surface area (TPSA) is 36.4 Å². The number of nitrogens with zero attached hydrogens (tertiary/aromatic N) is 3. The average molecular weight is 205 g/mol. The van der Waals surface area contributed by atoms with E-state index in [1.165, 1.54) is 0 Å². The average Bonchev–Trinajstić information content (AvgIpc) is 2.57.